The number of allylic oxidation sites excluding steroid dienone is 6. The highest BCUT2D eigenvalue weighted by Crippen LogP contribution is 2.30. The number of hydrogen-bond acceptors (Lipinski definition) is 6. The highest BCUT2D eigenvalue weighted by atomic mass is 15.0. The van der Waals surface area contributed by atoms with E-state index < -0.39 is 0 Å². The maximum Gasteiger partial charge on any atom is 0.0714 e. The molecule has 0 spiro atoms. The van der Waals surface area contributed by atoms with Gasteiger partial charge in [-0.25, -0.2) is 0 Å². The van der Waals surface area contributed by atoms with Crippen molar-refractivity contribution in [1.29, 1.82) is 0 Å². The minimum atomic E-state index is -0.242. The van der Waals surface area contributed by atoms with Crippen molar-refractivity contribution in [2.45, 2.75) is 26.4 Å². The Hall–Kier alpha value is -5.20. The zero-order valence-electron chi connectivity index (χ0n) is 24.7. The molecular weight excluding hydrogens is 528 g/mol. The third kappa shape index (κ3) is 7.56. The number of pyridine rings is 2. The largest absolute Gasteiger partial charge is 0.404 e. The third-order valence-corrected chi connectivity index (χ3v) is 7.19. The van der Waals surface area contributed by atoms with Crippen LogP contribution in [0.5, 0.6) is 0 Å². The molecule has 6 nitrogen and oxygen atoms in total. The lowest BCUT2D eigenvalue weighted by atomic mass is 9.93. The van der Waals surface area contributed by atoms with Gasteiger partial charge in [-0.15, -0.1) is 0 Å². The first-order valence-electron chi connectivity index (χ1n) is 14.5. The average molecular weight is 567 g/mol. The second-order valence-electron chi connectivity index (χ2n) is 10.5. The minimum Gasteiger partial charge on any atom is -0.404 e. The molecule has 216 valence electrons. The van der Waals surface area contributed by atoms with Gasteiger partial charge >= 0.3 is 0 Å². The van der Waals surface area contributed by atoms with E-state index in [1.165, 1.54) is 5.57 Å². The average Bonchev–Trinajstić information content (AvgIpc) is 3.06. The molecular formula is C37H38N6. The van der Waals surface area contributed by atoms with E-state index in [0.717, 1.165) is 62.3 Å². The Morgan fingerprint density at radius 3 is 2.23 bits per heavy atom. The van der Waals surface area contributed by atoms with Crippen molar-refractivity contribution in [2.75, 3.05) is 6.54 Å². The van der Waals surface area contributed by atoms with Crippen LogP contribution in [0.4, 0.5) is 0 Å². The lowest BCUT2D eigenvalue weighted by Crippen LogP contribution is -2.32. The van der Waals surface area contributed by atoms with Gasteiger partial charge in [-0.05, 0) is 113 Å². The lowest BCUT2D eigenvalue weighted by Gasteiger charge is -2.19. The molecule has 43 heavy (non-hydrogen) atoms. The van der Waals surface area contributed by atoms with Crippen molar-refractivity contribution in [1.82, 2.24) is 20.6 Å². The number of nitrogens with one attached hydrogen (secondary N) is 2. The number of dihydropyridines is 1. The molecule has 4 aromatic rings. The Kier molecular flexibility index (Phi) is 9.62. The van der Waals surface area contributed by atoms with Gasteiger partial charge in [0, 0.05) is 54.4 Å². The molecule has 1 aliphatic rings. The van der Waals surface area contributed by atoms with E-state index in [-0.39, 0.29) is 6.17 Å². The number of rotatable bonds is 10. The van der Waals surface area contributed by atoms with Gasteiger partial charge in [-0.1, -0.05) is 48.6 Å². The molecule has 0 bridgehead atoms. The Labute approximate surface area is 254 Å². The lowest BCUT2D eigenvalue weighted by molar-refractivity contribution is 0.682. The second-order valence-corrected chi connectivity index (χ2v) is 10.5. The van der Waals surface area contributed by atoms with E-state index in [1.54, 1.807) is 18.6 Å². The Morgan fingerprint density at radius 2 is 1.63 bits per heavy atom. The third-order valence-electron chi connectivity index (χ3n) is 7.19. The van der Waals surface area contributed by atoms with Crippen LogP contribution in [0.15, 0.2) is 128 Å². The molecule has 0 amide bonds. The minimum absolute atomic E-state index is 0.242. The maximum absolute atomic E-state index is 6.32. The van der Waals surface area contributed by atoms with Crippen LogP contribution in [0.1, 0.15) is 36.1 Å². The number of aromatic nitrogens is 2. The zero-order valence-corrected chi connectivity index (χ0v) is 24.7. The normalized spacial score (nSPS) is 14.3. The van der Waals surface area contributed by atoms with Gasteiger partial charge in [-0.3, -0.25) is 9.97 Å². The molecule has 6 heteroatoms. The van der Waals surface area contributed by atoms with Gasteiger partial charge < -0.3 is 22.1 Å². The van der Waals surface area contributed by atoms with Crippen LogP contribution in [0.3, 0.4) is 0 Å². The van der Waals surface area contributed by atoms with Gasteiger partial charge in [0.1, 0.15) is 0 Å². The van der Waals surface area contributed by atoms with E-state index in [2.05, 4.69) is 81.3 Å². The van der Waals surface area contributed by atoms with Gasteiger partial charge in [0.2, 0.25) is 0 Å². The Morgan fingerprint density at radius 1 is 0.930 bits per heavy atom. The number of nitrogens with two attached hydrogens (primary N) is 2. The molecule has 1 atom stereocenters. The first-order valence-corrected chi connectivity index (χ1v) is 14.5. The highest BCUT2D eigenvalue weighted by Gasteiger charge is 2.13. The van der Waals surface area contributed by atoms with Crippen LogP contribution >= 0.6 is 0 Å². The fourth-order valence-corrected chi connectivity index (χ4v) is 5.16. The van der Waals surface area contributed by atoms with Crippen LogP contribution in [-0.4, -0.2) is 22.7 Å². The fourth-order valence-electron chi connectivity index (χ4n) is 5.16. The molecule has 0 saturated heterocycles. The summed E-state index contributed by atoms with van der Waals surface area (Å²) in [7, 11) is 0. The van der Waals surface area contributed by atoms with Gasteiger partial charge in [0.05, 0.1) is 6.17 Å². The van der Waals surface area contributed by atoms with E-state index in [0.29, 0.717) is 6.42 Å². The van der Waals surface area contributed by atoms with E-state index >= 15 is 0 Å². The van der Waals surface area contributed by atoms with Crippen LogP contribution in [0.25, 0.3) is 39.1 Å². The Bertz CT molecular complexity index is 1700. The molecule has 1 aliphatic heterocycles. The Balaban J connectivity index is 1.60. The quantitative estimate of drug-likeness (QED) is 0.126. The summed E-state index contributed by atoms with van der Waals surface area (Å²) in [6.07, 6.45) is 21.9. The predicted molar refractivity (Wildman–Crippen MR) is 180 cm³/mol. The summed E-state index contributed by atoms with van der Waals surface area (Å²) in [5.41, 5.74) is 24.2. The summed E-state index contributed by atoms with van der Waals surface area (Å²) in [6.45, 7) is 4.71. The van der Waals surface area contributed by atoms with Crippen molar-refractivity contribution in [3.05, 3.63) is 150 Å². The molecule has 2 aromatic carbocycles. The monoisotopic (exact) mass is 566 g/mol. The molecule has 6 N–H and O–H groups in total. The predicted octanol–water partition coefficient (Wildman–Crippen LogP) is 6.66. The SMILES string of the molecule is C/C=C\C(=C/N)c1cc(C/C=C(\NC(C)N)c2cc(C3=CC=CNC3)cc(-c3cccnc3)c2)cc(-c2cccnc2)c1. The van der Waals surface area contributed by atoms with E-state index in [4.69, 9.17) is 11.5 Å². The fraction of sp³-hybridized carbons (Fsp3) is 0.135. The van der Waals surface area contributed by atoms with Crippen LogP contribution < -0.4 is 22.1 Å². The molecule has 0 saturated carbocycles. The number of benzene rings is 2. The number of hydrogen-bond donors (Lipinski definition) is 4. The van der Waals surface area contributed by atoms with Crippen molar-refractivity contribution in [3.8, 4) is 22.3 Å². The van der Waals surface area contributed by atoms with Crippen LogP contribution in [-0.2, 0) is 6.42 Å². The van der Waals surface area contributed by atoms with Crippen molar-refractivity contribution >= 4 is 16.8 Å². The van der Waals surface area contributed by atoms with Gasteiger partial charge in [0.25, 0.3) is 0 Å². The molecule has 0 radical (unpaired) electrons. The van der Waals surface area contributed by atoms with E-state index in [9.17, 15) is 0 Å². The summed E-state index contributed by atoms with van der Waals surface area (Å²) in [6, 6.07) is 21.3. The molecule has 0 fully saturated rings. The summed E-state index contributed by atoms with van der Waals surface area (Å²) in [5, 5.41) is 6.84. The molecule has 3 heterocycles. The highest BCUT2D eigenvalue weighted by molar-refractivity contribution is 5.81. The van der Waals surface area contributed by atoms with Gasteiger partial charge in [0.15, 0.2) is 0 Å². The van der Waals surface area contributed by atoms with E-state index in [1.807, 2.05) is 62.8 Å². The smallest absolute Gasteiger partial charge is 0.0714 e. The first kappa shape index (κ1) is 29.3. The standard InChI is InChI=1S/C37H38N6/c1-3-7-28(22-38)32-16-27(17-33(18-32)29-8-4-13-40-23-29)11-12-37(43-26(2)39)36-20-34(30-9-5-14-41-24-30)19-35(21-36)31-10-6-15-42-25-31/h3-10,12-24,26,42-43H,11,25,38-39H2,1-2H3/b7-3-,28-22+,37-12-. The van der Waals surface area contributed by atoms with Crippen molar-refractivity contribution in [2.24, 2.45) is 11.5 Å². The summed E-state index contributed by atoms with van der Waals surface area (Å²) < 4.78 is 0. The van der Waals surface area contributed by atoms with Crippen LogP contribution in [0.2, 0.25) is 0 Å². The number of nitrogens with zero attached hydrogens (tertiary/aromatic N) is 2. The molecule has 1 unspecified atom stereocenters. The second kappa shape index (κ2) is 14.1. The summed E-state index contributed by atoms with van der Waals surface area (Å²) in [5.74, 6) is 0. The maximum atomic E-state index is 6.32. The molecule has 0 aliphatic carbocycles. The van der Waals surface area contributed by atoms with Gasteiger partial charge in [-0.2, -0.15) is 0 Å². The van der Waals surface area contributed by atoms with Crippen LogP contribution in [0, 0.1) is 0 Å². The topological polar surface area (TPSA) is 102 Å². The molecule has 5 rings (SSSR count). The van der Waals surface area contributed by atoms with Crippen molar-refractivity contribution < 1.29 is 0 Å². The summed E-state index contributed by atoms with van der Waals surface area (Å²) >= 11 is 0. The molecule has 2 aromatic heterocycles. The summed E-state index contributed by atoms with van der Waals surface area (Å²) in [4.78, 5) is 8.71. The van der Waals surface area contributed by atoms with Crippen molar-refractivity contribution in [3.63, 3.8) is 0 Å². The zero-order chi connectivity index (χ0) is 30.0. The first-order chi connectivity index (χ1) is 21.0.